The first-order chi connectivity index (χ1) is 13.7. The number of nitrogens with two attached hydrogens (primary N) is 1. The van der Waals surface area contributed by atoms with Crippen LogP contribution in [0.5, 0.6) is 0 Å². The van der Waals surface area contributed by atoms with Gasteiger partial charge >= 0.3 is 0 Å². The van der Waals surface area contributed by atoms with Gasteiger partial charge in [-0.05, 0) is 59.2 Å². The van der Waals surface area contributed by atoms with Crippen molar-refractivity contribution in [1.29, 1.82) is 0 Å². The molecule has 0 aliphatic heterocycles. The van der Waals surface area contributed by atoms with E-state index in [9.17, 15) is 0 Å². The molecule has 5 aromatic rings. The molecule has 2 N–H and O–H groups in total. The van der Waals surface area contributed by atoms with Gasteiger partial charge < -0.3 is 10.3 Å². The zero-order valence-electron chi connectivity index (χ0n) is 15.5. The van der Waals surface area contributed by atoms with E-state index in [2.05, 4.69) is 90.0 Å². The standard InChI is InChI=1S/C26H20N2/c1-2-18-7-14-22(15-8-18)28-25-6-4-3-5-23(25)24-17-20(11-16-26(24)28)19-9-12-21(27)13-10-19/h2-17H,1,27H2. The van der Waals surface area contributed by atoms with Gasteiger partial charge in [0.1, 0.15) is 0 Å². The number of hydrogen-bond donors (Lipinski definition) is 1. The van der Waals surface area contributed by atoms with E-state index in [1.165, 1.54) is 32.9 Å². The minimum atomic E-state index is 0.782. The molecule has 1 aromatic heterocycles. The second-order valence-electron chi connectivity index (χ2n) is 7.00. The van der Waals surface area contributed by atoms with Crippen LogP contribution in [-0.2, 0) is 0 Å². The number of nitrogens with zero attached hydrogens (tertiary/aromatic N) is 1. The normalized spacial score (nSPS) is 11.1. The Kier molecular flexibility index (Phi) is 3.77. The van der Waals surface area contributed by atoms with E-state index in [1.54, 1.807) is 0 Å². The van der Waals surface area contributed by atoms with Crippen molar-refractivity contribution in [1.82, 2.24) is 4.57 Å². The van der Waals surface area contributed by atoms with Crippen LogP contribution in [-0.4, -0.2) is 4.57 Å². The van der Waals surface area contributed by atoms with Crippen molar-refractivity contribution in [3.05, 3.63) is 103 Å². The molecular formula is C26H20N2. The molecule has 2 heteroatoms. The second-order valence-corrected chi connectivity index (χ2v) is 7.00. The Morgan fingerprint density at radius 1 is 0.679 bits per heavy atom. The Hall–Kier alpha value is -3.78. The predicted octanol–water partition coefficient (Wildman–Crippen LogP) is 6.68. The Labute approximate surface area is 164 Å². The molecule has 5 rings (SSSR count). The molecule has 1 heterocycles. The predicted molar refractivity (Wildman–Crippen MR) is 121 cm³/mol. The maximum atomic E-state index is 5.85. The van der Waals surface area contributed by atoms with Gasteiger partial charge in [-0.2, -0.15) is 0 Å². The average Bonchev–Trinajstić information content (AvgIpc) is 3.08. The number of nitrogen functional groups attached to an aromatic ring is 1. The van der Waals surface area contributed by atoms with E-state index >= 15 is 0 Å². The van der Waals surface area contributed by atoms with Gasteiger partial charge in [-0.3, -0.25) is 0 Å². The highest BCUT2D eigenvalue weighted by Gasteiger charge is 2.12. The van der Waals surface area contributed by atoms with Crippen molar-refractivity contribution < 1.29 is 0 Å². The summed E-state index contributed by atoms with van der Waals surface area (Å²) < 4.78 is 2.32. The van der Waals surface area contributed by atoms with Crippen LogP contribution in [0.3, 0.4) is 0 Å². The quantitative estimate of drug-likeness (QED) is 0.358. The van der Waals surface area contributed by atoms with Gasteiger partial charge in [-0.15, -0.1) is 0 Å². The molecule has 28 heavy (non-hydrogen) atoms. The highest BCUT2D eigenvalue weighted by Crippen LogP contribution is 2.35. The molecule has 2 nitrogen and oxygen atoms in total. The first kappa shape index (κ1) is 16.4. The Balaban J connectivity index is 1.78. The minimum Gasteiger partial charge on any atom is -0.399 e. The van der Waals surface area contributed by atoms with E-state index in [0.29, 0.717) is 0 Å². The molecule has 0 atom stereocenters. The lowest BCUT2D eigenvalue weighted by atomic mass is 10.0. The van der Waals surface area contributed by atoms with Crippen LogP contribution in [0.4, 0.5) is 5.69 Å². The van der Waals surface area contributed by atoms with Crippen molar-refractivity contribution in [2.24, 2.45) is 0 Å². The summed E-state index contributed by atoms with van der Waals surface area (Å²) in [4.78, 5) is 0. The molecule has 0 spiro atoms. The lowest BCUT2D eigenvalue weighted by Gasteiger charge is -2.09. The highest BCUT2D eigenvalue weighted by atomic mass is 15.0. The third-order valence-corrected chi connectivity index (χ3v) is 5.30. The van der Waals surface area contributed by atoms with Crippen molar-refractivity contribution in [2.45, 2.75) is 0 Å². The maximum Gasteiger partial charge on any atom is 0.0541 e. The fraction of sp³-hybridized carbons (Fsp3) is 0. The van der Waals surface area contributed by atoms with E-state index in [-0.39, 0.29) is 0 Å². The van der Waals surface area contributed by atoms with Crippen LogP contribution in [0, 0.1) is 0 Å². The molecule has 0 saturated heterocycles. The third kappa shape index (κ3) is 2.58. The lowest BCUT2D eigenvalue weighted by Crippen LogP contribution is -1.93. The van der Waals surface area contributed by atoms with Gasteiger partial charge in [0.2, 0.25) is 0 Å². The first-order valence-electron chi connectivity index (χ1n) is 9.36. The van der Waals surface area contributed by atoms with Gasteiger partial charge in [-0.1, -0.05) is 61.2 Å². The third-order valence-electron chi connectivity index (χ3n) is 5.30. The van der Waals surface area contributed by atoms with Gasteiger partial charge in [-0.25, -0.2) is 0 Å². The van der Waals surface area contributed by atoms with Crippen LogP contribution < -0.4 is 5.73 Å². The topological polar surface area (TPSA) is 30.9 Å². The molecule has 0 amide bonds. The van der Waals surface area contributed by atoms with Crippen LogP contribution in [0.2, 0.25) is 0 Å². The van der Waals surface area contributed by atoms with Gasteiger partial charge in [0.25, 0.3) is 0 Å². The maximum absolute atomic E-state index is 5.85. The molecule has 0 unspecified atom stereocenters. The van der Waals surface area contributed by atoms with E-state index < -0.39 is 0 Å². The Bertz CT molecular complexity index is 1310. The van der Waals surface area contributed by atoms with Crippen molar-refractivity contribution >= 4 is 33.6 Å². The molecule has 0 bridgehead atoms. The van der Waals surface area contributed by atoms with Crippen LogP contribution >= 0.6 is 0 Å². The Morgan fingerprint density at radius 2 is 1.36 bits per heavy atom. The molecule has 134 valence electrons. The summed E-state index contributed by atoms with van der Waals surface area (Å²) in [5.74, 6) is 0. The molecule has 0 fully saturated rings. The SMILES string of the molecule is C=Cc1ccc(-n2c3ccccc3c3cc(-c4ccc(N)cc4)ccc32)cc1. The summed E-state index contributed by atoms with van der Waals surface area (Å²) in [7, 11) is 0. The van der Waals surface area contributed by atoms with Crippen molar-refractivity contribution in [3.8, 4) is 16.8 Å². The fourth-order valence-corrected chi connectivity index (χ4v) is 3.87. The average molecular weight is 360 g/mol. The van der Waals surface area contributed by atoms with E-state index in [4.69, 9.17) is 5.73 Å². The van der Waals surface area contributed by atoms with Crippen molar-refractivity contribution in [2.75, 3.05) is 5.73 Å². The second kappa shape index (κ2) is 6.43. The zero-order valence-corrected chi connectivity index (χ0v) is 15.5. The van der Waals surface area contributed by atoms with Gasteiger partial charge in [0.15, 0.2) is 0 Å². The van der Waals surface area contributed by atoms with Crippen LogP contribution in [0.1, 0.15) is 5.56 Å². The van der Waals surface area contributed by atoms with Crippen LogP contribution in [0.25, 0.3) is 44.7 Å². The fourth-order valence-electron chi connectivity index (χ4n) is 3.87. The smallest absolute Gasteiger partial charge is 0.0541 e. The zero-order chi connectivity index (χ0) is 19.1. The number of benzene rings is 4. The van der Waals surface area contributed by atoms with Gasteiger partial charge in [0, 0.05) is 22.1 Å². The number of rotatable bonds is 3. The van der Waals surface area contributed by atoms with E-state index in [1.807, 2.05) is 18.2 Å². The largest absolute Gasteiger partial charge is 0.399 e. The number of para-hydroxylation sites is 1. The molecule has 0 aliphatic carbocycles. The number of aromatic nitrogens is 1. The minimum absolute atomic E-state index is 0.782. The number of fused-ring (bicyclic) bond motifs is 3. The first-order valence-corrected chi connectivity index (χ1v) is 9.36. The molecule has 0 saturated carbocycles. The molecule has 0 radical (unpaired) electrons. The molecular weight excluding hydrogens is 340 g/mol. The van der Waals surface area contributed by atoms with Crippen molar-refractivity contribution in [3.63, 3.8) is 0 Å². The Morgan fingerprint density at radius 3 is 2.11 bits per heavy atom. The summed E-state index contributed by atoms with van der Waals surface area (Å²) >= 11 is 0. The summed E-state index contributed by atoms with van der Waals surface area (Å²) in [6.07, 6.45) is 1.87. The molecule has 4 aromatic carbocycles. The summed E-state index contributed by atoms with van der Waals surface area (Å²) in [6, 6.07) is 31.8. The van der Waals surface area contributed by atoms with E-state index in [0.717, 1.165) is 16.9 Å². The summed E-state index contributed by atoms with van der Waals surface area (Å²) in [5, 5.41) is 2.50. The van der Waals surface area contributed by atoms with Crippen LogP contribution in [0.15, 0.2) is 97.6 Å². The number of anilines is 1. The summed E-state index contributed by atoms with van der Waals surface area (Å²) in [6.45, 7) is 3.85. The molecule has 0 aliphatic rings. The van der Waals surface area contributed by atoms with Gasteiger partial charge in [0.05, 0.1) is 11.0 Å². The summed E-state index contributed by atoms with van der Waals surface area (Å²) in [5.41, 5.74) is 13.7. The lowest BCUT2D eigenvalue weighted by molar-refractivity contribution is 1.18. The highest BCUT2D eigenvalue weighted by molar-refractivity contribution is 6.10. The number of hydrogen-bond acceptors (Lipinski definition) is 1. The monoisotopic (exact) mass is 360 g/mol.